The number of anilines is 1. The number of rotatable bonds is 16. The van der Waals surface area contributed by atoms with Crippen molar-refractivity contribution in [2.24, 2.45) is 0 Å². The molecule has 1 aromatic heterocycles. The third-order valence-corrected chi connectivity index (χ3v) is 6.39. The zero-order valence-electron chi connectivity index (χ0n) is 19.6. The molecule has 0 bridgehead atoms. The average Bonchev–Trinajstić information content (AvgIpc) is 2.80. The summed E-state index contributed by atoms with van der Waals surface area (Å²) in [6.07, 6.45) is 5.66. The lowest BCUT2D eigenvalue weighted by Gasteiger charge is -2.17. The average molecular weight is 493 g/mol. The first-order valence-electron chi connectivity index (χ1n) is 11.1. The second kappa shape index (κ2) is 13.7. The van der Waals surface area contributed by atoms with E-state index in [-0.39, 0.29) is 31.1 Å². The number of allylic oxidation sites excluding steroid dienone is 1. The number of ether oxygens (including phenoxy) is 1. The van der Waals surface area contributed by atoms with Gasteiger partial charge in [-0.3, -0.25) is 18.7 Å². The zero-order valence-corrected chi connectivity index (χ0v) is 20.5. The quantitative estimate of drug-likeness (QED) is 0.199. The molecule has 2 N–H and O–H groups in total. The number of aliphatic carboxylic acids is 1. The molecule has 0 spiro atoms. The van der Waals surface area contributed by atoms with Gasteiger partial charge in [-0.05, 0) is 57.4 Å². The zero-order chi connectivity index (χ0) is 25.0. The van der Waals surface area contributed by atoms with Crippen LogP contribution in [0.25, 0.3) is 11.4 Å². The van der Waals surface area contributed by atoms with Crippen molar-refractivity contribution in [3.63, 3.8) is 0 Å². The van der Waals surface area contributed by atoms with Gasteiger partial charge in [-0.2, -0.15) is 0 Å². The van der Waals surface area contributed by atoms with E-state index >= 15 is 0 Å². The van der Waals surface area contributed by atoms with Crippen LogP contribution < -0.4 is 15.6 Å². The Bertz CT molecular complexity index is 1040. The first-order valence-corrected chi connectivity index (χ1v) is 12.8. The van der Waals surface area contributed by atoms with E-state index in [1.165, 1.54) is 6.20 Å². The van der Waals surface area contributed by atoms with E-state index in [2.05, 4.69) is 16.9 Å². The van der Waals surface area contributed by atoms with Gasteiger partial charge in [-0.25, -0.2) is 4.98 Å². The minimum Gasteiger partial charge on any atom is -0.481 e. The second-order valence-electron chi connectivity index (χ2n) is 7.24. The van der Waals surface area contributed by atoms with Crippen LogP contribution in [0, 0.1) is 0 Å². The molecule has 34 heavy (non-hydrogen) atoms. The molecule has 10 nitrogen and oxygen atoms in total. The van der Waals surface area contributed by atoms with Crippen molar-refractivity contribution in [1.29, 1.82) is 0 Å². The van der Waals surface area contributed by atoms with Crippen LogP contribution in [0.3, 0.4) is 0 Å². The molecule has 186 valence electrons. The van der Waals surface area contributed by atoms with Crippen LogP contribution in [0.4, 0.5) is 5.69 Å². The van der Waals surface area contributed by atoms with Crippen LogP contribution in [0.15, 0.2) is 47.9 Å². The summed E-state index contributed by atoms with van der Waals surface area (Å²) in [6.45, 7) is 7.60. The van der Waals surface area contributed by atoms with Gasteiger partial charge in [-0.15, -0.1) is 6.58 Å². The van der Waals surface area contributed by atoms with Gasteiger partial charge in [0.25, 0.3) is 5.56 Å². The summed E-state index contributed by atoms with van der Waals surface area (Å²) >= 11 is 0. The predicted octanol–water partition coefficient (Wildman–Crippen LogP) is 4.37. The van der Waals surface area contributed by atoms with Crippen molar-refractivity contribution < 1.29 is 28.3 Å². The molecule has 2 aromatic rings. The number of carboxylic acid groups (broad SMARTS) is 1. The fourth-order valence-electron chi connectivity index (χ4n) is 3.12. The third kappa shape index (κ3) is 8.13. The molecule has 2 rings (SSSR count). The fraction of sp³-hybridized carbons (Fsp3) is 0.435. The van der Waals surface area contributed by atoms with Crippen molar-refractivity contribution in [2.45, 2.75) is 39.7 Å². The first-order chi connectivity index (χ1) is 16.3. The van der Waals surface area contributed by atoms with Gasteiger partial charge in [0.1, 0.15) is 23.8 Å². The van der Waals surface area contributed by atoms with Crippen LogP contribution in [0.5, 0.6) is 5.75 Å². The number of carbonyl (C=O) groups is 1. The Labute approximate surface area is 199 Å². The molecule has 0 atom stereocenters. The van der Waals surface area contributed by atoms with E-state index < -0.39 is 25.7 Å². The lowest BCUT2D eigenvalue weighted by molar-refractivity contribution is -0.137. The Hall–Kier alpha value is -2.94. The topological polar surface area (TPSA) is 129 Å². The van der Waals surface area contributed by atoms with Gasteiger partial charge < -0.3 is 24.2 Å². The lowest BCUT2D eigenvalue weighted by Crippen LogP contribution is -2.29. The maximum absolute atomic E-state index is 12.9. The highest BCUT2D eigenvalue weighted by Gasteiger charge is 2.24. The van der Waals surface area contributed by atoms with Crippen LogP contribution in [-0.4, -0.2) is 46.7 Å². The molecule has 0 aliphatic heterocycles. The van der Waals surface area contributed by atoms with Crippen LogP contribution in [0.1, 0.15) is 33.1 Å². The normalized spacial score (nSPS) is 11.2. The highest BCUT2D eigenvalue weighted by Crippen LogP contribution is 2.47. The molecule has 0 saturated carbocycles. The van der Waals surface area contributed by atoms with Gasteiger partial charge in [0.2, 0.25) is 0 Å². The van der Waals surface area contributed by atoms with E-state index in [4.69, 9.17) is 13.8 Å². The lowest BCUT2D eigenvalue weighted by atomic mass is 10.2. The van der Waals surface area contributed by atoms with E-state index in [9.17, 15) is 19.3 Å². The molecule has 0 amide bonds. The van der Waals surface area contributed by atoms with Crippen molar-refractivity contribution >= 4 is 19.3 Å². The molecular weight excluding hydrogens is 461 g/mol. The molecule has 1 heterocycles. The van der Waals surface area contributed by atoms with Gasteiger partial charge in [-0.1, -0.05) is 6.08 Å². The minimum absolute atomic E-state index is 0.213. The maximum atomic E-state index is 12.9. The van der Waals surface area contributed by atoms with Crippen molar-refractivity contribution in [2.75, 3.05) is 31.4 Å². The Morgan fingerprint density at radius 3 is 2.47 bits per heavy atom. The summed E-state index contributed by atoms with van der Waals surface area (Å²) in [6, 6.07) is 6.51. The monoisotopic (exact) mass is 493 g/mol. The molecule has 0 saturated heterocycles. The van der Waals surface area contributed by atoms with E-state index in [0.29, 0.717) is 17.9 Å². The van der Waals surface area contributed by atoms with Gasteiger partial charge in [0.05, 0.1) is 19.4 Å². The molecule has 1 aromatic carbocycles. The Morgan fingerprint density at radius 1 is 1.21 bits per heavy atom. The number of nitrogens with zero attached hydrogens (tertiary/aromatic N) is 2. The third-order valence-electron chi connectivity index (χ3n) is 4.64. The van der Waals surface area contributed by atoms with E-state index in [1.54, 1.807) is 38.1 Å². The van der Waals surface area contributed by atoms with Crippen LogP contribution in [-0.2, 0) is 25.0 Å². The Morgan fingerprint density at radius 2 is 1.88 bits per heavy atom. The summed E-state index contributed by atoms with van der Waals surface area (Å²) in [4.78, 5) is 28.7. The number of nitrogens with one attached hydrogen (secondary N) is 1. The first kappa shape index (κ1) is 27.3. The van der Waals surface area contributed by atoms with Crippen molar-refractivity contribution in [3.05, 3.63) is 53.5 Å². The number of carboxylic acids is 1. The number of hydrogen-bond acceptors (Lipinski definition) is 8. The number of benzene rings is 1. The summed E-state index contributed by atoms with van der Waals surface area (Å²) in [5.41, 5.74) is 0.304. The summed E-state index contributed by atoms with van der Waals surface area (Å²) < 4.78 is 29.6. The highest BCUT2D eigenvalue weighted by molar-refractivity contribution is 7.53. The van der Waals surface area contributed by atoms with Crippen molar-refractivity contribution in [3.8, 4) is 17.1 Å². The van der Waals surface area contributed by atoms with Gasteiger partial charge >= 0.3 is 13.6 Å². The van der Waals surface area contributed by atoms with Crippen molar-refractivity contribution in [1.82, 2.24) is 9.55 Å². The number of aromatic nitrogens is 2. The molecular formula is C23H32N3O7P. The predicted molar refractivity (Wildman–Crippen MR) is 130 cm³/mol. The molecule has 11 heteroatoms. The molecule has 0 aliphatic carbocycles. The fourth-order valence-corrected chi connectivity index (χ4v) is 4.44. The SMILES string of the molecule is C=CCCCCNc1cnc(-c2ccc(OCP(=O)(OCC)OCC)cc2)n(CC(=O)O)c1=O. The Balaban J connectivity index is 2.20. The highest BCUT2D eigenvalue weighted by atomic mass is 31.2. The van der Waals surface area contributed by atoms with Gasteiger partial charge in [0, 0.05) is 12.1 Å². The molecule has 0 aliphatic rings. The standard InChI is InChI=1S/C23H32N3O7P/c1-4-7-8-9-14-24-20-15-25-22(26(23(20)29)16-21(27)28)18-10-12-19(13-11-18)31-17-34(30,32-5-2)33-6-3/h4,10-13,15,24H,1,5-9,14,16-17H2,2-3H3,(H,27,28). The smallest absolute Gasteiger partial charge is 0.367 e. The van der Waals surface area contributed by atoms with Gasteiger partial charge in [0.15, 0.2) is 6.35 Å². The largest absolute Gasteiger partial charge is 0.481 e. The number of unbranched alkanes of at least 4 members (excludes halogenated alkanes) is 2. The van der Waals surface area contributed by atoms with Crippen LogP contribution in [0.2, 0.25) is 0 Å². The van der Waals surface area contributed by atoms with Crippen LogP contribution >= 0.6 is 7.60 Å². The summed E-state index contributed by atoms with van der Waals surface area (Å²) in [7, 11) is -3.36. The maximum Gasteiger partial charge on any atom is 0.367 e. The minimum atomic E-state index is -3.36. The van der Waals surface area contributed by atoms with E-state index in [0.717, 1.165) is 23.8 Å². The second-order valence-corrected chi connectivity index (χ2v) is 9.23. The molecule has 0 fully saturated rings. The molecule has 0 radical (unpaired) electrons. The van der Waals surface area contributed by atoms with E-state index in [1.807, 2.05) is 6.08 Å². The summed E-state index contributed by atoms with van der Waals surface area (Å²) in [5.74, 6) is -0.533. The summed E-state index contributed by atoms with van der Waals surface area (Å²) in [5, 5.41) is 12.3. The Kier molecular flexibility index (Phi) is 11.0. The number of hydrogen-bond donors (Lipinski definition) is 2. The molecule has 0 unspecified atom stereocenters.